The number of nitrogens with zero attached hydrogens (tertiary/aromatic N) is 1. The van der Waals surface area contributed by atoms with Crippen LogP contribution in [0.15, 0.2) is 24.3 Å². The molecule has 1 aliphatic carbocycles. The second kappa shape index (κ2) is 6.68. The van der Waals surface area contributed by atoms with Crippen LogP contribution in [0.5, 0.6) is 0 Å². The van der Waals surface area contributed by atoms with E-state index in [1.165, 1.54) is 19.3 Å². The lowest BCUT2D eigenvalue weighted by Gasteiger charge is -2.29. The number of carbonyl (C=O) groups is 1. The zero-order valence-electron chi connectivity index (χ0n) is 11.6. The molecule has 0 atom stereocenters. The molecule has 0 aromatic heterocycles. The maximum Gasteiger partial charge on any atom is 0.238 e. The Kier molecular flexibility index (Phi) is 4.93. The van der Waals surface area contributed by atoms with Crippen LogP contribution in [0.1, 0.15) is 24.8 Å². The van der Waals surface area contributed by atoms with Crippen LogP contribution in [0, 0.1) is 5.92 Å². The summed E-state index contributed by atoms with van der Waals surface area (Å²) in [5.41, 5.74) is 7.44. The first kappa shape index (κ1) is 14.0. The van der Waals surface area contributed by atoms with Crippen LogP contribution in [-0.2, 0) is 11.3 Å². The molecule has 1 saturated carbocycles. The van der Waals surface area contributed by atoms with Crippen molar-refractivity contribution in [3.05, 3.63) is 29.8 Å². The number of likely N-dealkylation sites (N-methyl/N-ethyl adjacent to an activating group) is 1. The van der Waals surface area contributed by atoms with Crippen LogP contribution in [0.25, 0.3) is 0 Å². The maximum atomic E-state index is 11.9. The molecule has 1 amide bonds. The minimum absolute atomic E-state index is 0.0380. The highest BCUT2D eigenvalue weighted by Crippen LogP contribution is 2.26. The van der Waals surface area contributed by atoms with Crippen LogP contribution in [0.3, 0.4) is 0 Å². The molecule has 0 spiro atoms. The molecule has 0 heterocycles. The number of carbonyl (C=O) groups excluding carboxylic acids is 1. The Morgan fingerprint density at radius 3 is 2.89 bits per heavy atom. The molecule has 19 heavy (non-hydrogen) atoms. The molecule has 1 aromatic rings. The molecule has 1 aromatic carbocycles. The monoisotopic (exact) mass is 261 g/mol. The average Bonchev–Trinajstić information content (AvgIpc) is 2.34. The standard InChI is InChI=1S/C15H23N3O/c1-18(10-12-4-2-5-12)11-15(19)17-14-7-3-6-13(8-14)9-16/h3,6-8,12H,2,4-5,9-11,16H2,1H3,(H,17,19). The zero-order chi connectivity index (χ0) is 13.7. The van der Waals surface area contributed by atoms with Crippen LogP contribution in [0.4, 0.5) is 5.69 Å². The van der Waals surface area contributed by atoms with Gasteiger partial charge in [-0.15, -0.1) is 0 Å². The molecule has 4 nitrogen and oxygen atoms in total. The Labute approximate surface area is 115 Å². The van der Waals surface area contributed by atoms with Gasteiger partial charge in [0.15, 0.2) is 0 Å². The number of amides is 1. The minimum Gasteiger partial charge on any atom is -0.326 e. The predicted molar refractivity (Wildman–Crippen MR) is 77.8 cm³/mol. The van der Waals surface area contributed by atoms with Gasteiger partial charge in [0.2, 0.25) is 5.91 Å². The third-order valence-electron chi connectivity index (χ3n) is 3.65. The summed E-state index contributed by atoms with van der Waals surface area (Å²) in [6.45, 7) is 1.96. The number of anilines is 1. The van der Waals surface area contributed by atoms with Crippen molar-refractivity contribution in [3.63, 3.8) is 0 Å². The van der Waals surface area contributed by atoms with Crippen molar-refractivity contribution in [2.75, 3.05) is 25.5 Å². The van der Waals surface area contributed by atoms with Gasteiger partial charge in [-0.05, 0) is 43.5 Å². The summed E-state index contributed by atoms with van der Waals surface area (Å²) in [5, 5.41) is 2.92. The average molecular weight is 261 g/mol. The van der Waals surface area contributed by atoms with E-state index in [0.717, 1.165) is 23.7 Å². The van der Waals surface area contributed by atoms with Gasteiger partial charge < -0.3 is 11.1 Å². The number of rotatable bonds is 6. The Morgan fingerprint density at radius 2 is 2.26 bits per heavy atom. The molecule has 3 N–H and O–H groups in total. The lowest BCUT2D eigenvalue weighted by molar-refractivity contribution is -0.117. The summed E-state index contributed by atoms with van der Waals surface area (Å²) in [6, 6.07) is 7.68. The summed E-state index contributed by atoms with van der Waals surface area (Å²) in [7, 11) is 2.01. The maximum absolute atomic E-state index is 11.9. The largest absolute Gasteiger partial charge is 0.326 e. The number of hydrogen-bond donors (Lipinski definition) is 2. The van der Waals surface area contributed by atoms with Crippen molar-refractivity contribution in [1.29, 1.82) is 0 Å². The van der Waals surface area contributed by atoms with Crippen LogP contribution < -0.4 is 11.1 Å². The molecular weight excluding hydrogens is 238 g/mol. The van der Waals surface area contributed by atoms with E-state index in [0.29, 0.717) is 13.1 Å². The van der Waals surface area contributed by atoms with Gasteiger partial charge in [0.25, 0.3) is 0 Å². The van der Waals surface area contributed by atoms with E-state index in [-0.39, 0.29) is 5.91 Å². The minimum atomic E-state index is 0.0380. The van der Waals surface area contributed by atoms with E-state index in [4.69, 9.17) is 5.73 Å². The fourth-order valence-corrected chi connectivity index (χ4v) is 2.40. The first-order chi connectivity index (χ1) is 9.17. The van der Waals surface area contributed by atoms with E-state index in [1.807, 2.05) is 31.3 Å². The Balaban J connectivity index is 1.79. The SMILES string of the molecule is CN(CC(=O)Nc1cccc(CN)c1)CC1CCC1. The first-order valence-corrected chi connectivity index (χ1v) is 6.95. The topological polar surface area (TPSA) is 58.4 Å². The predicted octanol–water partition coefficient (Wildman–Crippen LogP) is 1.82. The summed E-state index contributed by atoms with van der Waals surface area (Å²) in [4.78, 5) is 14.0. The molecule has 1 fully saturated rings. The van der Waals surface area contributed by atoms with Crippen molar-refractivity contribution in [3.8, 4) is 0 Å². The number of nitrogens with one attached hydrogen (secondary N) is 1. The van der Waals surface area contributed by atoms with Crippen molar-refractivity contribution in [2.24, 2.45) is 11.7 Å². The van der Waals surface area contributed by atoms with E-state index in [2.05, 4.69) is 10.2 Å². The van der Waals surface area contributed by atoms with Crippen molar-refractivity contribution >= 4 is 11.6 Å². The van der Waals surface area contributed by atoms with Crippen LogP contribution in [-0.4, -0.2) is 30.9 Å². The Hall–Kier alpha value is -1.39. The fourth-order valence-electron chi connectivity index (χ4n) is 2.40. The Bertz CT molecular complexity index is 429. The molecule has 0 aliphatic heterocycles. The van der Waals surface area contributed by atoms with Gasteiger partial charge in [-0.1, -0.05) is 18.6 Å². The van der Waals surface area contributed by atoms with Gasteiger partial charge in [-0.3, -0.25) is 9.69 Å². The smallest absolute Gasteiger partial charge is 0.238 e. The quantitative estimate of drug-likeness (QED) is 0.821. The zero-order valence-corrected chi connectivity index (χ0v) is 11.6. The van der Waals surface area contributed by atoms with Crippen LogP contribution >= 0.6 is 0 Å². The third kappa shape index (κ3) is 4.33. The normalized spacial score (nSPS) is 15.3. The second-order valence-electron chi connectivity index (χ2n) is 5.45. The third-order valence-corrected chi connectivity index (χ3v) is 3.65. The molecule has 0 saturated heterocycles. The number of benzene rings is 1. The van der Waals surface area contributed by atoms with E-state index in [9.17, 15) is 4.79 Å². The molecule has 4 heteroatoms. The highest BCUT2D eigenvalue weighted by atomic mass is 16.2. The van der Waals surface area contributed by atoms with Gasteiger partial charge in [-0.2, -0.15) is 0 Å². The summed E-state index contributed by atoms with van der Waals surface area (Å²) >= 11 is 0. The van der Waals surface area contributed by atoms with Crippen LogP contribution in [0.2, 0.25) is 0 Å². The van der Waals surface area contributed by atoms with Crippen molar-refractivity contribution in [2.45, 2.75) is 25.8 Å². The van der Waals surface area contributed by atoms with Crippen molar-refractivity contribution < 1.29 is 4.79 Å². The summed E-state index contributed by atoms with van der Waals surface area (Å²) in [5.74, 6) is 0.828. The second-order valence-corrected chi connectivity index (χ2v) is 5.45. The number of nitrogens with two attached hydrogens (primary N) is 1. The lowest BCUT2D eigenvalue weighted by Crippen LogP contribution is -2.35. The van der Waals surface area contributed by atoms with E-state index < -0.39 is 0 Å². The van der Waals surface area contributed by atoms with Gasteiger partial charge in [-0.25, -0.2) is 0 Å². The van der Waals surface area contributed by atoms with Crippen molar-refractivity contribution in [1.82, 2.24) is 4.90 Å². The molecule has 0 bridgehead atoms. The Morgan fingerprint density at radius 1 is 1.47 bits per heavy atom. The number of hydrogen-bond acceptors (Lipinski definition) is 3. The first-order valence-electron chi connectivity index (χ1n) is 6.95. The van der Waals surface area contributed by atoms with E-state index >= 15 is 0 Å². The molecule has 1 aliphatic rings. The molecule has 0 radical (unpaired) electrons. The van der Waals surface area contributed by atoms with Gasteiger partial charge >= 0.3 is 0 Å². The van der Waals surface area contributed by atoms with E-state index in [1.54, 1.807) is 0 Å². The highest BCUT2D eigenvalue weighted by molar-refractivity contribution is 5.92. The molecule has 104 valence electrons. The summed E-state index contributed by atoms with van der Waals surface area (Å²) < 4.78 is 0. The molecule has 0 unspecified atom stereocenters. The van der Waals surface area contributed by atoms with Gasteiger partial charge in [0.1, 0.15) is 0 Å². The summed E-state index contributed by atoms with van der Waals surface area (Å²) in [6.07, 6.45) is 3.96. The van der Waals surface area contributed by atoms with Gasteiger partial charge in [0, 0.05) is 18.8 Å². The van der Waals surface area contributed by atoms with Gasteiger partial charge in [0.05, 0.1) is 6.54 Å². The lowest BCUT2D eigenvalue weighted by atomic mass is 9.85. The highest BCUT2D eigenvalue weighted by Gasteiger charge is 2.19. The molecule has 2 rings (SSSR count). The fraction of sp³-hybridized carbons (Fsp3) is 0.533. The molecular formula is C15H23N3O.